The second-order valence-electron chi connectivity index (χ2n) is 10.4. The Morgan fingerprint density at radius 2 is 1.21 bits per heavy atom. The number of unbranched alkanes of at least 4 members (excludes halogenated alkanes) is 8. The van der Waals surface area contributed by atoms with E-state index in [4.69, 9.17) is 9.47 Å². The van der Waals surface area contributed by atoms with Crippen LogP contribution < -0.4 is 0 Å². The molecule has 0 unspecified atom stereocenters. The van der Waals surface area contributed by atoms with Crippen molar-refractivity contribution in [2.24, 2.45) is 0 Å². The average molecular weight is 705 g/mol. The van der Waals surface area contributed by atoms with E-state index in [0.29, 0.717) is 17.5 Å². The number of allylic oxidation sites excluding steroid dienone is 4. The van der Waals surface area contributed by atoms with E-state index in [1.165, 1.54) is 25.7 Å². The fraction of sp³-hybridized carbons (Fsp3) is 0.457. The van der Waals surface area contributed by atoms with Gasteiger partial charge in [-0.15, -0.1) is 0 Å². The number of hydrogen-bond acceptors (Lipinski definition) is 5. The lowest BCUT2D eigenvalue weighted by Gasteiger charge is -2.18. The first-order chi connectivity index (χ1) is 20.4. The van der Waals surface area contributed by atoms with Gasteiger partial charge in [-0.1, -0.05) is 95.2 Å². The van der Waals surface area contributed by atoms with E-state index >= 15 is 0 Å². The first-order valence-corrected chi connectivity index (χ1v) is 16.7. The zero-order valence-electron chi connectivity index (χ0n) is 24.7. The van der Waals surface area contributed by atoms with Gasteiger partial charge in [0.1, 0.15) is 18.5 Å². The molecule has 2 aromatic carbocycles. The molecule has 2 aromatic rings. The summed E-state index contributed by atoms with van der Waals surface area (Å²) in [5.74, 6) is -1.10. The number of ether oxygens (including phenoxy) is 2. The zero-order chi connectivity index (χ0) is 30.4. The van der Waals surface area contributed by atoms with Crippen LogP contribution in [0.2, 0.25) is 0 Å². The van der Waals surface area contributed by atoms with Gasteiger partial charge in [-0.3, -0.25) is 4.79 Å². The number of carbonyl (C=O) groups is 3. The van der Waals surface area contributed by atoms with Gasteiger partial charge in [0.25, 0.3) is 0 Å². The molecule has 0 spiro atoms. The normalized spacial score (nSPS) is 12.1. The van der Waals surface area contributed by atoms with Crippen LogP contribution in [-0.4, -0.2) is 30.4 Å². The van der Waals surface area contributed by atoms with Gasteiger partial charge in [-0.05, 0) is 87.1 Å². The van der Waals surface area contributed by atoms with Crippen molar-refractivity contribution < 1.29 is 23.9 Å². The van der Waals surface area contributed by atoms with E-state index in [1.54, 1.807) is 48.5 Å². The van der Waals surface area contributed by atoms with E-state index in [-0.39, 0.29) is 18.8 Å². The van der Waals surface area contributed by atoms with Crippen molar-refractivity contribution in [3.63, 3.8) is 0 Å². The van der Waals surface area contributed by atoms with Crippen LogP contribution in [0.3, 0.4) is 0 Å². The molecule has 0 amide bonds. The highest BCUT2D eigenvalue weighted by molar-refractivity contribution is 9.10. The molecule has 2 rings (SSSR count). The maximum Gasteiger partial charge on any atom is 0.338 e. The number of rotatable bonds is 21. The zero-order valence-corrected chi connectivity index (χ0v) is 27.9. The smallest absolute Gasteiger partial charge is 0.338 e. The van der Waals surface area contributed by atoms with Gasteiger partial charge in [0.2, 0.25) is 0 Å². The molecular formula is C35H44Br2O5. The minimum Gasteiger partial charge on any atom is -0.458 e. The third kappa shape index (κ3) is 16.2. The van der Waals surface area contributed by atoms with Crippen LogP contribution in [0.15, 0.2) is 81.8 Å². The van der Waals surface area contributed by atoms with Crippen molar-refractivity contribution in [2.75, 3.05) is 6.61 Å². The molecule has 0 saturated heterocycles. The van der Waals surface area contributed by atoms with Crippen molar-refractivity contribution in [1.29, 1.82) is 0 Å². The second-order valence-corrected chi connectivity index (χ2v) is 12.2. The molecule has 0 aliphatic heterocycles. The summed E-state index contributed by atoms with van der Waals surface area (Å²) >= 11 is 6.69. The average Bonchev–Trinajstić information content (AvgIpc) is 2.98. The predicted molar refractivity (Wildman–Crippen MR) is 177 cm³/mol. The van der Waals surface area contributed by atoms with Crippen molar-refractivity contribution in [3.8, 4) is 0 Å². The minimum atomic E-state index is -0.856. The van der Waals surface area contributed by atoms with E-state index < -0.39 is 18.0 Å². The van der Waals surface area contributed by atoms with Crippen molar-refractivity contribution in [2.45, 2.75) is 96.5 Å². The number of Topliss-reactive ketones (excluding diaryl/α,β-unsaturated/α-hetero) is 1. The molecule has 5 nitrogen and oxygen atoms in total. The largest absolute Gasteiger partial charge is 0.458 e. The van der Waals surface area contributed by atoms with Gasteiger partial charge >= 0.3 is 11.9 Å². The molecule has 0 heterocycles. The monoisotopic (exact) mass is 702 g/mol. The highest BCUT2D eigenvalue weighted by Crippen LogP contribution is 2.16. The molecule has 0 N–H and O–H groups in total. The summed E-state index contributed by atoms with van der Waals surface area (Å²) in [6.45, 7) is 2.04. The number of esters is 2. The Morgan fingerprint density at radius 3 is 1.81 bits per heavy atom. The summed E-state index contributed by atoms with van der Waals surface area (Å²) in [4.78, 5) is 37.9. The molecule has 0 radical (unpaired) electrons. The maximum absolute atomic E-state index is 12.7. The fourth-order valence-electron chi connectivity index (χ4n) is 4.27. The summed E-state index contributed by atoms with van der Waals surface area (Å²) < 4.78 is 12.7. The molecule has 0 fully saturated rings. The number of benzene rings is 2. The lowest BCUT2D eigenvalue weighted by atomic mass is 10.0. The Hall–Kier alpha value is -2.51. The minimum absolute atomic E-state index is 0.00558. The third-order valence-corrected chi connectivity index (χ3v) is 7.75. The SMILES string of the molecule is CCCCC/C=C\C/C=C\CCCCCCCC(=O)C[C@H](COC(=O)c1ccc(Br)cc1)OC(=O)c1ccc(Br)cc1. The highest BCUT2D eigenvalue weighted by atomic mass is 79.9. The molecule has 1 atom stereocenters. The van der Waals surface area contributed by atoms with Gasteiger partial charge in [-0.25, -0.2) is 9.59 Å². The molecule has 42 heavy (non-hydrogen) atoms. The van der Waals surface area contributed by atoms with Gasteiger partial charge < -0.3 is 9.47 Å². The summed E-state index contributed by atoms with van der Waals surface area (Å²) in [6.07, 6.45) is 20.9. The summed E-state index contributed by atoms with van der Waals surface area (Å²) in [7, 11) is 0. The molecule has 0 saturated carbocycles. The molecule has 0 aromatic heterocycles. The molecule has 7 heteroatoms. The van der Waals surface area contributed by atoms with Gasteiger partial charge in [0.15, 0.2) is 0 Å². The molecular weight excluding hydrogens is 660 g/mol. The number of ketones is 1. The van der Waals surface area contributed by atoms with Gasteiger partial charge in [0, 0.05) is 21.8 Å². The Labute approximate surface area is 268 Å². The topological polar surface area (TPSA) is 69.7 Å². The Bertz CT molecular complexity index is 1120. The molecule has 0 aliphatic carbocycles. The summed E-state index contributed by atoms with van der Waals surface area (Å²) in [5.41, 5.74) is 0.747. The van der Waals surface area contributed by atoms with E-state index in [1.807, 2.05) is 0 Å². The molecule has 0 aliphatic rings. The predicted octanol–water partition coefficient (Wildman–Crippen LogP) is 10.4. The van der Waals surface area contributed by atoms with Crippen LogP contribution in [0, 0.1) is 0 Å². The fourth-order valence-corrected chi connectivity index (χ4v) is 4.80. The quantitative estimate of drug-likeness (QED) is 0.0735. The third-order valence-electron chi connectivity index (χ3n) is 6.70. The van der Waals surface area contributed by atoms with Crippen LogP contribution in [0.1, 0.15) is 111 Å². The van der Waals surface area contributed by atoms with Crippen LogP contribution in [0.4, 0.5) is 0 Å². The van der Waals surface area contributed by atoms with Crippen LogP contribution >= 0.6 is 31.9 Å². The molecule has 228 valence electrons. The lowest BCUT2D eigenvalue weighted by Crippen LogP contribution is -2.28. The Morgan fingerprint density at radius 1 is 0.690 bits per heavy atom. The Kier molecular flexibility index (Phi) is 18.8. The number of halogens is 2. The van der Waals surface area contributed by atoms with Gasteiger partial charge in [0.05, 0.1) is 11.1 Å². The lowest BCUT2D eigenvalue weighted by molar-refractivity contribution is -0.121. The maximum atomic E-state index is 12.7. The standard InChI is InChI=1S/C35H44Br2O5/c1-2-3-4-5-6-7-8-9-10-11-12-13-14-15-16-17-32(38)26-33(42-35(40)29-20-24-31(37)25-21-29)27-41-34(39)28-18-22-30(36)23-19-28/h6-7,9-10,18-25,33H,2-5,8,11-17,26-27H2,1H3/b7-6-,10-9-/t33-/m1/s1. The highest BCUT2D eigenvalue weighted by Gasteiger charge is 2.22. The second kappa shape index (κ2) is 22.1. The van der Waals surface area contributed by atoms with Crippen LogP contribution in [-0.2, 0) is 14.3 Å². The first kappa shape index (κ1) is 35.7. The van der Waals surface area contributed by atoms with E-state index in [2.05, 4.69) is 63.1 Å². The van der Waals surface area contributed by atoms with Crippen LogP contribution in [0.25, 0.3) is 0 Å². The summed E-state index contributed by atoms with van der Waals surface area (Å²) in [5, 5.41) is 0. The van der Waals surface area contributed by atoms with Crippen molar-refractivity contribution in [3.05, 3.63) is 92.9 Å². The van der Waals surface area contributed by atoms with E-state index in [0.717, 1.165) is 53.9 Å². The van der Waals surface area contributed by atoms with Gasteiger partial charge in [-0.2, -0.15) is 0 Å². The van der Waals surface area contributed by atoms with Crippen molar-refractivity contribution in [1.82, 2.24) is 0 Å². The van der Waals surface area contributed by atoms with Crippen LogP contribution in [0.5, 0.6) is 0 Å². The summed E-state index contributed by atoms with van der Waals surface area (Å²) in [6, 6.07) is 13.6. The molecule has 0 bridgehead atoms. The first-order valence-electron chi connectivity index (χ1n) is 15.1. The van der Waals surface area contributed by atoms with E-state index in [9.17, 15) is 14.4 Å². The van der Waals surface area contributed by atoms with Crippen molar-refractivity contribution >= 4 is 49.6 Å². The Balaban J connectivity index is 1.71. The number of hydrogen-bond donors (Lipinski definition) is 0. The number of carbonyl (C=O) groups excluding carboxylic acids is 3.